The number of halogens is 3. The summed E-state index contributed by atoms with van der Waals surface area (Å²) in [6, 6.07) is 3.14. The first-order chi connectivity index (χ1) is 11.7. The third-order valence-corrected chi connectivity index (χ3v) is 5.93. The number of hydrogen-bond acceptors (Lipinski definition) is 2. The minimum Gasteiger partial charge on any atom is -0.342 e. The summed E-state index contributed by atoms with van der Waals surface area (Å²) in [6.45, 7) is 7.85. The molecule has 2 aliphatic rings. The highest BCUT2D eigenvalue weighted by molar-refractivity contribution is 5.80. The maximum Gasteiger partial charge on any atom is 0.418 e. The van der Waals surface area contributed by atoms with Crippen LogP contribution in [0.15, 0.2) is 12.1 Å². The van der Waals surface area contributed by atoms with Crippen LogP contribution >= 0.6 is 0 Å². The molecule has 1 saturated heterocycles. The van der Waals surface area contributed by atoms with Gasteiger partial charge >= 0.3 is 6.18 Å². The highest BCUT2D eigenvalue weighted by Crippen LogP contribution is 2.54. The average Bonchev–Trinajstić information content (AvgIpc) is 2.95. The van der Waals surface area contributed by atoms with Crippen LogP contribution in [0.3, 0.4) is 0 Å². The SMILES string of the molecule is CC(C)c1nc2c(C(F)(F)F)cc([C@@H](C)N3CCC4(CC4)C3)cc2[nH]1. The van der Waals surface area contributed by atoms with E-state index in [0.29, 0.717) is 16.8 Å². The average molecular weight is 351 g/mol. The van der Waals surface area contributed by atoms with E-state index in [9.17, 15) is 13.2 Å². The predicted octanol–water partition coefficient (Wildman–Crippen LogP) is 5.25. The van der Waals surface area contributed by atoms with Gasteiger partial charge in [0.2, 0.25) is 0 Å². The van der Waals surface area contributed by atoms with Gasteiger partial charge in [0.25, 0.3) is 0 Å². The van der Waals surface area contributed by atoms with Crippen LogP contribution in [0.1, 0.15) is 68.9 Å². The third kappa shape index (κ3) is 2.94. The Hall–Kier alpha value is -1.56. The smallest absolute Gasteiger partial charge is 0.342 e. The van der Waals surface area contributed by atoms with Gasteiger partial charge in [0.15, 0.2) is 0 Å². The molecule has 0 amide bonds. The lowest BCUT2D eigenvalue weighted by Crippen LogP contribution is -2.25. The number of imidazole rings is 1. The largest absolute Gasteiger partial charge is 0.418 e. The van der Waals surface area contributed by atoms with Crippen molar-refractivity contribution in [1.82, 2.24) is 14.9 Å². The van der Waals surface area contributed by atoms with Crippen molar-refractivity contribution < 1.29 is 13.2 Å². The first kappa shape index (κ1) is 16.9. The van der Waals surface area contributed by atoms with Crippen LogP contribution in [0.5, 0.6) is 0 Å². The highest BCUT2D eigenvalue weighted by atomic mass is 19.4. The molecule has 0 bridgehead atoms. The number of alkyl halides is 3. The number of aromatic nitrogens is 2. The third-order valence-electron chi connectivity index (χ3n) is 5.93. The van der Waals surface area contributed by atoms with Crippen molar-refractivity contribution in [2.45, 2.75) is 58.2 Å². The molecule has 0 radical (unpaired) electrons. The zero-order valence-corrected chi connectivity index (χ0v) is 14.9. The molecular weight excluding hydrogens is 327 g/mol. The highest BCUT2D eigenvalue weighted by Gasteiger charge is 2.48. The first-order valence-corrected chi connectivity index (χ1v) is 9.03. The fraction of sp³-hybridized carbons (Fsp3) is 0.632. The number of benzene rings is 1. The number of H-pyrrole nitrogens is 1. The first-order valence-electron chi connectivity index (χ1n) is 9.03. The van der Waals surface area contributed by atoms with Crippen LogP contribution in [0, 0.1) is 5.41 Å². The van der Waals surface area contributed by atoms with E-state index in [2.05, 4.69) is 14.9 Å². The minimum absolute atomic E-state index is 0.0173. The van der Waals surface area contributed by atoms with Gasteiger partial charge in [-0.1, -0.05) is 13.8 Å². The van der Waals surface area contributed by atoms with Gasteiger partial charge in [0.1, 0.15) is 11.3 Å². The Kier molecular flexibility index (Phi) is 3.69. The molecule has 0 unspecified atom stereocenters. The second-order valence-electron chi connectivity index (χ2n) is 8.14. The van der Waals surface area contributed by atoms with E-state index >= 15 is 0 Å². The Bertz CT molecular complexity index is 802. The van der Waals surface area contributed by atoms with Gasteiger partial charge in [-0.2, -0.15) is 13.2 Å². The van der Waals surface area contributed by atoms with Crippen LogP contribution < -0.4 is 0 Å². The standard InChI is InChI=1S/C19H24F3N3/c1-11(2)17-23-15-9-13(8-14(16(15)24-17)19(20,21)22)12(3)25-7-6-18(10-25)4-5-18/h8-9,11-12H,4-7,10H2,1-3H3,(H,23,24)/t12-/m1/s1. The van der Waals surface area contributed by atoms with E-state index in [1.54, 1.807) is 0 Å². The van der Waals surface area contributed by atoms with Crippen molar-refractivity contribution in [3.05, 3.63) is 29.1 Å². The number of aromatic amines is 1. The molecule has 6 heteroatoms. The summed E-state index contributed by atoms with van der Waals surface area (Å²) in [5.74, 6) is 0.658. The van der Waals surface area contributed by atoms with Gasteiger partial charge in [0.05, 0.1) is 11.1 Å². The second kappa shape index (κ2) is 5.47. The van der Waals surface area contributed by atoms with Crippen LogP contribution in [-0.4, -0.2) is 28.0 Å². The number of hydrogen-bond donors (Lipinski definition) is 1. The van der Waals surface area contributed by atoms with Crippen molar-refractivity contribution in [3.8, 4) is 0 Å². The van der Waals surface area contributed by atoms with Gasteiger partial charge in [-0.25, -0.2) is 4.98 Å². The number of fused-ring (bicyclic) bond motifs is 1. The second-order valence-corrected chi connectivity index (χ2v) is 8.14. The molecule has 25 heavy (non-hydrogen) atoms. The normalized spacial score (nSPS) is 21.6. The van der Waals surface area contributed by atoms with E-state index in [0.717, 1.165) is 18.7 Å². The summed E-state index contributed by atoms with van der Waals surface area (Å²) in [5, 5.41) is 0. The molecule has 136 valence electrons. The van der Waals surface area contributed by atoms with Gasteiger partial charge in [-0.05, 0) is 55.8 Å². The van der Waals surface area contributed by atoms with Crippen molar-refractivity contribution in [2.75, 3.05) is 13.1 Å². The summed E-state index contributed by atoms with van der Waals surface area (Å²) in [5.41, 5.74) is 1.07. The van der Waals surface area contributed by atoms with Crippen molar-refractivity contribution >= 4 is 11.0 Å². The fourth-order valence-corrected chi connectivity index (χ4v) is 3.99. The van der Waals surface area contributed by atoms with Crippen LogP contribution in [0.4, 0.5) is 13.2 Å². The molecule has 1 N–H and O–H groups in total. The summed E-state index contributed by atoms with van der Waals surface area (Å²) >= 11 is 0. The lowest BCUT2D eigenvalue weighted by molar-refractivity contribution is -0.136. The van der Waals surface area contributed by atoms with Crippen molar-refractivity contribution in [1.29, 1.82) is 0 Å². The quantitative estimate of drug-likeness (QED) is 0.819. The molecule has 4 rings (SSSR count). The molecule has 2 heterocycles. The number of likely N-dealkylation sites (tertiary alicyclic amines) is 1. The Morgan fingerprint density at radius 2 is 1.88 bits per heavy atom. The van der Waals surface area contributed by atoms with Gasteiger partial charge in [0, 0.05) is 18.5 Å². The van der Waals surface area contributed by atoms with Crippen molar-refractivity contribution in [3.63, 3.8) is 0 Å². The Labute approximate surface area is 145 Å². The predicted molar refractivity (Wildman–Crippen MR) is 91.5 cm³/mol. The van der Waals surface area contributed by atoms with Crippen LogP contribution in [0.25, 0.3) is 11.0 Å². The molecule has 1 atom stereocenters. The minimum atomic E-state index is -4.40. The van der Waals surface area contributed by atoms with Gasteiger partial charge < -0.3 is 4.98 Å². The van der Waals surface area contributed by atoms with Crippen molar-refractivity contribution in [2.24, 2.45) is 5.41 Å². The molecule has 2 aromatic rings. The van der Waals surface area contributed by atoms with E-state index in [1.807, 2.05) is 26.8 Å². The summed E-state index contributed by atoms with van der Waals surface area (Å²) in [4.78, 5) is 9.64. The zero-order chi connectivity index (χ0) is 18.0. The summed E-state index contributed by atoms with van der Waals surface area (Å²) < 4.78 is 40.8. The number of nitrogens with one attached hydrogen (secondary N) is 1. The van der Waals surface area contributed by atoms with E-state index in [4.69, 9.17) is 0 Å². The fourth-order valence-electron chi connectivity index (χ4n) is 3.99. The molecule has 1 aromatic carbocycles. The van der Waals surface area contributed by atoms with E-state index < -0.39 is 11.7 Å². The number of rotatable bonds is 3. The van der Waals surface area contributed by atoms with Gasteiger partial charge in [-0.3, -0.25) is 4.90 Å². The molecule has 1 saturated carbocycles. The molecule has 1 aliphatic carbocycles. The topological polar surface area (TPSA) is 31.9 Å². The molecular formula is C19H24F3N3. The monoisotopic (exact) mass is 351 g/mol. The van der Waals surface area contributed by atoms with E-state index in [1.165, 1.54) is 25.3 Å². The lowest BCUT2D eigenvalue weighted by atomic mass is 10.0. The molecule has 1 aliphatic heterocycles. The maximum absolute atomic E-state index is 13.6. The Morgan fingerprint density at radius 1 is 1.16 bits per heavy atom. The molecule has 3 nitrogen and oxygen atoms in total. The lowest BCUT2D eigenvalue weighted by Gasteiger charge is -2.25. The maximum atomic E-state index is 13.6. The van der Waals surface area contributed by atoms with Crippen LogP contribution in [0.2, 0.25) is 0 Å². The number of nitrogens with zero attached hydrogens (tertiary/aromatic N) is 2. The van der Waals surface area contributed by atoms with Gasteiger partial charge in [-0.15, -0.1) is 0 Å². The molecule has 1 spiro atoms. The molecule has 1 aromatic heterocycles. The Balaban J connectivity index is 1.76. The zero-order valence-electron chi connectivity index (χ0n) is 14.9. The summed E-state index contributed by atoms with van der Waals surface area (Å²) in [6.07, 6.45) is -0.698. The molecule has 2 fully saturated rings. The van der Waals surface area contributed by atoms with Crippen LogP contribution in [-0.2, 0) is 6.18 Å². The van der Waals surface area contributed by atoms with E-state index in [-0.39, 0.29) is 17.5 Å². The Morgan fingerprint density at radius 3 is 2.44 bits per heavy atom. The summed E-state index contributed by atoms with van der Waals surface area (Å²) in [7, 11) is 0.